The summed E-state index contributed by atoms with van der Waals surface area (Å²) in [7, 11) is -6.57. The third-order valence-electron chi connectivity index (χ3n) is 4.75. The predicted molar refractivity (Wildman–Crippen MR) is 131 cm³/mol. The molecule has 0 bridgehead atoms. The van der Waals surface area contributed by atoms with E-state index in [-0.39, 0.29) is 33.1 Å². The molecule has 0 aromatic heterocycles. The van der Waals surface area contributed by atoms with E-state index in [1.54, 1.807) is 13.8 Å². The van der Waals surface area contributed by atoms with Gasteiger partial charge in [0, 0.05) is 0 Å². The first kappa shape index (κ1) is 28.3. The number of benzene rings is 2. The van der Waals surface area contributed by atoms with Crippen molar-refractivity contribution in [2.45, 2.75) is 34.1 Å². The van der Waals surface area contributed by atoms with Crippen molar-refractivity contribution in [2.24, 2.45) is 0 Å². The summed E-state index contributed by atoms with van der Waals surface area (Å²) in [6.07, 6.45) is 1.65. The SMILES string of the molecule is CCOP(=O)(COc1cc(C)c(Cc2ccc(OCOCNS(C)(=O)=O)cc2)c(C)c1)OCC. The van der Waals surface area contributed by atoms with Gasteiger partial charge < -0.3 is 23.3 Å². The number of rotatable bonds is 15. The van der Waals surface area contributed by atoms with Crippen LogP contribution < -0.4 is 14.2 Å². The zero-order valence-corrected chi connectivity index (χ0v) is 22.0. The van der Waals surface area contributed by atoms with Gasteiger partial charge in [0.15, 0.2) is 13.1 Å². The van der Waals surface area contributed by atoms with Gasteiger partial charge in [-0.05, 0) is 80.6 Å². The molecule has 34 heavy (non-hydrogen) atoms. The fraction of sp³-hybridized carbons (Fsp3) is 0.478. The first-order valence-electron chi connectivity index (χ1n) is 10.9. The lowest BCUT2D eigenvalue weighted by Crippen LogP contribution is -2.25. The molecule has 190 valence electrons. The molecule has 0 radical (unpaired) electrons. The van der Waals surface area contributed by atoms with Crippen molar-refractivity contribution < 1.29 is 36.2 Å². The molecule has 0 aliphatic heterocycles. The van der Waals surface area contributed by atoms with E-state index >= 15 is 0 Å². The molecule has 0 atom stereocenters. The quantitative estimate of drug-likeness (QED) is 0.212. The Balaban J connectivity index is 1.94. The van der Waals surface area contributed by atoms with Crippen LogP contribution in [0.15, 0.2) is 36.4 Å². The minimum Gasteiger partial charge on any atom is -0.481 e. The van der Waals surface area contributed by atoms with Crippen molar-refractivity contribution in [3.05, 3.63) is 58.7 Å². The average Bonchev–Trinajstić information content (AvgIpc) is 2.75. The Labute approximate surface area is 202 Å². The molecule has 0 saturated carbocycles. The van der Waals surface area contributed by atoms with Gasteiger partial charge in [-0.1, -0.05) is 12.1 Å². The molecule has 0 spiro atoms. The summed E-state index contributed by atoms with van der Waals surface area (Å²) in [5, 5.41) is 0. The molecule has 0 aliphatic rings. The molecule has 0 unspecified atom stereocenters. The molecular weight excluding hydrogens is 481 g/mol. The molecule has 0 aliphatic carbocycles. The van der Waals surface area contributed by atoms with Crippen molar-refractivity contribution in [1.82, 2.24) is 4.72 Å². The molecular formula is C23H34NO8PS. The number of ether oxygens (including phenoxy) is 3. The Morgan fingerprint density at radius 2 is 1.50 bits per heavy atom. The van der Waals surface area contributed by atoms with E-state index in [4.69, 9.17) is 23.3 Å². The van der Waals surface area contributed by atoms with Crippen molar-refractivity contribution in [1.29, 1.82) is 0 Å². The summed E-state index contributed by atoms with van der Waals surface area (Å²) in [5.41, 5.74) is 4.40. The van der Waals surface area contributed by atoms with Gasteiger partial charge in [0.2, 0.25) is 10.0 Å². The number of nitrogens with one attached hydrogen (secondary N) is 1. The largest absolute Gasteiger partial charge is 0.481 e. The normalized spacial score (nSPS) is 12.0. The lowest BCUT2D eigenvalue weighted by Gasteiger charge is -2.19. The molecule has 0 amide bonds. The van der Waals surface area contributed by atoms with Gasteiger partial charge in [-0.3, -0.25) is 4.57 Å². The maximum Gasteiger partial charge on any atom is 0.367 e. The summed E-state index contributed by atoms with van der Waals surface area (Å²) in [6.45, 7) is 7.91. The lowest BCUT2D eigenvalue weighted by atomic mass is 9.96. The molecule has 0 fully saturated rings. The number of hydrogen-bond acceptors (Lipinski definition) is 8. The van der Waals surface area contributed by atoms with Gasteiger partial charge in [-0.25, -0.2) is 8.42 Å². The van der Waals surface area contributed by atoms with Crippen LogP contribution in [0.25, 0.3) is 0 Å². The highest BCUT2D eigenvalue weighted by molar-refractivity contribution is 7.88. The Morgan fingerprint density at radius 1 is 0.912 bits per heavy atom. The molecule has 11 heteroatoms. The van der Waals surface area contributed by atoms with E-state index in [2.05, 4.69) is 4.72 Å². The molecule has 0 heterocycles. The number of hydrogen-bond donors (Lipinski definition) is 1. The van der Waals surface area contributed by atoms with Crippen LogP contribution in [0.2, 0.25) is 0 Å². The second-order valence-corrected chi connectivity index (χ2v) is 11.4. The summed E-state index contributed by atoms with van der Waals surface area (Å²) >= 11 is 0. The Kier molecular flexibility index (Phi) is 11.0. The standard InChI is InChI=1S/C23H34NO8PS/c1-6-31-33(25,32-7-2)17-30-22-12-18(3)23(19(4)13-22)14-20-8-10-21(11-9-20)29-16-28-15-24-34(5,26)27/h8-13,24H,6-7,14-17H2,1-5H3. The van der Waals surface area contributed by atoms with Crippen LogP contribution in [0, 0.1) is 13.8 Å². The molecule has 9 nitrogen and oxygen atoms in total. The van der Waals surface area contributed by atoms with Gasteiger partial charge >= 0.3 is 7.60 Å². The second kappa shape index (κ2) is 13.2. The Bertz CT molecular complexity index is 1040. The highest BCUT2D eigenvalue weighted by atomic mass is 32.2. The number of sulfonamides is 1. The third kappa shape index (κ3) is 9.74. The van der Waals surface area contributed by atoms with Gasteiger partial charge in [0.05, 0.1) is 19.5 Å². The van der Waals surface area contributed by atoms with Gasteiger partial charge in [0.1, 0.15) is 18.2 Å². The molecule has 0 saturated heterocycles. The average molecular weight is 516 g/mol. The second-order valence-electron chi connectivity index (χ2n) is 7.60. The van der Waals surface area contributed by atoms with Crippen LogP contribution >= 0.6 is 7.60 Å². The van der Waals surface area contributed by atoms with Crippen LogP contribution in [0.3, 0.4) is 0 Å². The summed E-state index contributed by atoms with van der Waals surface area (Å²) in [4.78, 5) is 0. The third-order valence-corrected chi connectivity index (χ3v) is 7.14. The molecule has 1 N–H and O–H groups in total. The van der Waals surface area contributed by atoms with E-state index in [1.165, 1.54) is 5.56 Å². The van der Waals surface area contributed by atoms with E-state index in [0.717, 1.165) is 29.4 Å². The zero-order valence-electron chi connectivity index (χ0n) is 20.3. The molecule has 2 aromatic carbocycles. The van der Waals surface area contributed by atoms with E-state index in [0.29, 0.717) is 11.5 Å². The minimum atomic E-state index is -3.29. The van der Waals surface area contributed by atoms with Crippen LogP contribution in [0.1, 0.15) is 36.1 Å². The highest BCUT2D eigenvalue weighted by Gasteiger charge is 2.25. The minimum absolute atomic E-state index is 0.0684. The number of aryl methyl sites for hydroxylation is 2. The highest BCUT2D eigenvalue weighted by Crippen LogP contribution is 2.48. The summed E-state index contributed by atoms with van der Waals surface area (Å²) in [6, 6.07) is 11.4. The monoisotopic (exact) mass is 515 g/mol. The smallest absolute Gasteiger partial charge is 0.367 e. The van der Waals surface area contributed by atoms with Crippen LogP contribution in [0.5, 0.6) is 11.5 Å². The maximum absolute atomic E-state index is 12.6. The molecule has 2 aromatic rings. The topological polar surface area (TPSA) is 109 Å². The van der Waals surface area contributed by atoms with Crippen molar-refractivity contribution in [2.75, 3.05) is 39.3 Å². The van der Waals surface area contributed by atoms with Gasteiger partial charge in [0.25, 0.3) is 0 Å². The van der Waals surface area contributed by atoms with Crippen LogP contribution in [-0.2, 0) is 34.8 Å². The van der Waals surface area contributed by atoms with E-state index in [1.807, 2.05) is 50.2 Å². The Morgan fingerprint density at radius 3 is 2.03 bits per heavy atom. The predicted octanol–water partition coefficient (Wildman–Crippen LogP) is 4.36. The van der Waals surface area contributed by atoms with Crippen LogP contribution in [-0.4, -0.2) is 47.8 Å². The zero-order chi connectivity index (χ0) is 25.2. The van der Waals surface area contributed by atoms with Gasteiger partial charge in [-0.15, -0.1) is 0 Å². The maximum atomic E-state index is 12.6. The van der Waals surface area contributed by atoms with Crippen LogP contribution in [0.4, 0.5) is 0 Å². The Hall–Kier alpha value is -1.94. The van der Waals surface area contributed by atoms with Crippen molar-refractivity contribution in [3.63, 3.8) is 0 Å². The first-order chi connectivity index (χ1) is 16.0. The van der Waals surface area contributed by atoms with Gasteiger partial charge in [-0.2, -0.15) is 4.72 Å². The van der Waals surface area contributed by atoms with Crippen molar-refractivity contribution in [3.8, 4) is 11.5 Å². The fourth-order valence-electron chi connectivity index (χ4n) is 3.18. The summed E-state index contributed by atoms with van der Waals surface area (Å²) < 4.78 is 63.7. The van der Waals surface area contributed by atoms with Crippen molar-refractivity contribution >= 4 is 17.6 Å². The lowest BCUT2D eigenvalue weighted by molar-refractivity contribution is 0.0135. The molecule has 2 rings (SSSR count). The fourth-order valence-corrected chi connectivity index (χ4v) is 4.80. The van der Waals surface area contributed by atoms with E-state index < -0.39 is 17.6 Å². The summed E-state index contributed by atoms with van der Waals surface area (Å²) in [5.74, 6) is 1.24. The first-order valence-corrected chi connectivity index (χ1v) is 14.5. The van der Waals surface area contributed by atoms with E-state index in [9.17, 15) is 13.0 Å².